The van der Waals surface area contributed by atoms with Crippen LogP contribution in [0.1, 0.15) is 15.9 Å². The van der Waals surface area contributed by atoms with Crippen LogP contribution in [-0.4, -0.2) is 18.2 Å². The molecular formula is C19H17NO3S2. The molecule has 0 aliphatic carbocycles. The van der Waals surface area contributed by atoms with Crippen LogP contribution in [0.4, 0.5) is 5.69 Å². The van der Waals surface area contributed by atoms with Gasteiger partial charge in [0.25, 0.3) is 0 Å². The van der Waals surface area contributed by atoms with Crippen molar-refractivity contribution >= 4 is 34.9 Å². The van der Waals surface area contributed by atoms with Crippen LogP contribution in [0.5, 0.6) is 5.75 Å². The van der Waals surface area contributed by atoms with Crippen molar-refractivity contribution in [2.45, 2.75) is 11.1 Å². The molecule has 0 atom stereocenters. The van der Waals surface area contributed by atoms with Crippen LogP contribution >= 0.6 is 23.3 Å². The van der Waals surface area contributed by atoms with Gasteiger partial charge in [0.05, 0.1) is 22.6 Å². The SMILES string of the molecule is COc1cc(C(=O)O)ccc1NSc1ccc(-c2cccc(C)c2)s1. The maximum atomic E-state index is 11.0. The molecule has 0 saturated heterocycles. The van der Waals surface area contributed by atoms with E-state index >= 15 is 0 Å². The number of anilines is 1. The smallest absolute Gasteiger partial charge is 0.335 e. The van der Waals surface area contributed by atoms with Gasteiger partial charge in [0.15, 0.2) is 0 Å². The van der Waals surface area contributed by atoms with Gasteiger partial charge < -0.3 is 14.6 Å². The third-order valence-corrected chi connectivity index (χ3v) is 5.68. The van der Waals surface area contributed by atoms with Crippen LogP contribution in [0.25, 0.3) is 10.4 Å². The molecule has 6 heteroatoms. The van der Waals surface area contributed by atoms with Crippen LogP contribution in [0.15, 0.2) is 58.8 Å². The highest BCUT2D eigenvalue weighted by atomic mass is 32.2. The number of methoxy groups -OCH3 is 1. The number of nitrogens with one attached hydrogen (secondary N) is 1. The van der Waals surface area contributed by atoms with E-state index in [-0.39, 0.29) is 5.56 Å². The van der Waals surface area contributed by atoms with Gasteiger partial charge in [-0.2, -0.15) is 0 Å². The molecule has 0 bridgehead atoms. The van der Waals surface area contributed by atoms with Crippen molar-refractivity contribution in [3.05, 3.63) is 65.7 Å². The van der Waals surface area contributed by atoms with Crippen LogP contribution in [0.2, 0.25) is 0 Å². The Morgan fingerprint density at radius 3 is 2.72 bits per heavy atom. The lowest BCUT2D eigenvalue weighted by Crippen LogP contribution is -1.99. The second-order valence-corrected chi connectivity index (χ2v) is 7.60. The molecule has 4 nitrogen and oxygen atoms in total. The minimum absolute atomic E-state index is 0.199. The number of benzene rings is 2. The van der Waals surface area contributed by atoms with Crippen LogP contribution < -0.4 is 9.46 Å². The number of hydrogen-bond acceptors (Lipinski definition) is 5. The quantitative estimate of drug-likeness (QED) is 0.556. The monoisotopic (exact) mass is 371 g/mol. The third kappa shape index (κ3) is 4.15. The summed E-state index contributed by atoms with van der Waals surface area (Å²) in [6.07, 6.45) is 0. The first-order chi connectivity index (χ1) is 12.1. The molecule has 128 valence electrons. The standard InChI is InChI=1S/C19H17NO3S2/c1-12-4-3-5-13(10-12)17-8-9-18(24-17)25-20-15-7-6-14(19(21)22)11-16(15)23-2/h3-11,20H,1-2H3,(H,21,22). The normalized spacial score (nSPS) is 10.5. The molecular weight excluding hydrogens is 354 g/mol. The van der Waals surface area contributed by atoms with E-state index in [4.69, 9.17) is 9.84 Å². The van der Waals surface area contributed by atoms with E-state index in [0.29, 0.717) is 5.75 Å². The molecule has 0 unspecified atom stereocenters. The number of carbonyl (C=O) groups is 1. The number of hydrogen-bond donors (Lipinski definition) is 2. The highest BCUT2D eigenvalue weighted by Crippen LogP contribution is 2.36. The number of carboxylic acid groups (broad SMARTS) is 1. The van der Waals surface area contributed by atoms with Gasteiger partial charge >= 0.3 is 5.97 Å². The Bertz CT molecular complexity index is 905. The molecule has 3 rings (SSSR count). The van der Waals surface area contributed by atoms with E-state index in [0.717, 1.165) is 9.90 Å². The molecule has 25 heavy (non-hydrogen) atoms. The Morgan fingerprint density at radius 1 is 1.16 bits per heavy atom. The predicted octanol–water partition coefficient (Wildman–Crippen LogP) is 5.55. The van der Waals surface area contributed by atoms with Gasteiger partial charge in [-0.15, -0.1) is 11.3 Å². The Labute approximate surface area is 154 Å². The number of aryl methyl sites for hydroxylation is 1. The Morgan fingerprint density at radius 2 is 2.00 bits per heavy atom. The second-order valence-electron chi connectivity index (χ2n) is 5.41. The molecule has 0 spiro atoms. The van der Waals surface area contributed by atoms with Gasteiger partial charge in [-0.3, -0.25) is 0 Å². The van der Waals surface area contributed by atoms with Crippen molar-refractivity contribution in [2.75, 3.05) is 11.8 Å². The summed E-state index contributed by atoms with van der Waals surface area (Å²) in [6, 6.07) is 17.4. The van der Waals surface area contributed by atoms with Crippen molar-refractivity contribution in [3.8, 4) is 16.2 Å². The average Bonchev–Trinajstić information content (AvgIpc) is 3.08. The highest BCUT2D eigenvalue weighted by molar-refractivity contribution is 8.02. The summed E-state index contributed by atoms with van der Waals surface area (Å²) in [5.41, 5.74) is 3.38. The predicted molar refractivity (Wildman–Crippen MR) is 104 cm³/mol. The summed E-state index contributed by atoms with van der Waals surface area (Å²) in [7, 11) is 1.53. The summed E-state index contributed by atoms with van der Waals surface area (Å²) >= 11 is 3.18. The maximum Gasteiger partial charge on any atom is 0.335 e. The summed E-state index contributed by atoms with van der Waals surface area (Å²) < 4.78 is 9.62. The van der Waals surface area contributed by atoms with Crippen LogP contribution in [0.3, 0.4) is 0 Å². The lowest BCUT2D eigenvalue weighted by molar-refractivity contribution is 0.0696. The lowest BCUT2D eigenvalue weighted by Gasteiger charge is -2.10. The number of ether oxygens (including phenoxy) is 1. The van der Waals surface area contributed by atoms with Gasteiger partial charge in [-0.25, -0.2) is 4.79 Å². The maximum absolute atomic E-state index is 11.0. The number of rotatable bonds is 6. The van der Waals surface area contributed by atoms with Crippen molar-refractivity contribution in [1.29, 1.82) is 0 Å². The molecule has 3 aromatic rings. The van der Waals surface area contributed by atoms with Gasteiger partial charge in [-0.1, -0.05) is 29.8 Å². The first-order valence-corrected chi connectivity index (χ1v) is 9.21. The molecule has 0 radical (unpaired) electrons. The minimum atomic E-state index is -0.974. The zero-order chi connectivity index (χ0) is 17.8. The number of thiophene rings is 1. The summed E-state index contributed by atoms with van der Waals surface area (Å²) in [4.78, 5) is 12.3. The average molecular weight is 371 g/mol. The van der Waals surface area contributed by atoms with E-state index in [1.165, 1.54) is 41.1 Å². The van der Waals surface area contributed by atoms with E-state index in [9.17, 15) is 4.79 Å². The Hall–Kier alpha value is -2.44. The Kier molecular flexibility index (Phi) is 5.31. The van der Waals surface area contributed by atoms with Gasteiger partial charge in [0.2, 0.25) is 0 Å². The first kappa shape index (κ1) is 17.4. The highest BCUT2D eigenvalue weighted by Gasteiger charge is 2.10. The number of aromatic carboxylic acids is 1. The molecule has 0 fully saturated rings. The van der Waals surface area contributed by atoms with Crippen LogP contribution in [0, 0.1) is 6.92 Å². The zero-order valence-electron chi connectivity index (χ0n) is 13.8. The molecule has 1 aromatic heterocycles. The summed E-state index contributed by atoms with van der Waals surface area (Å²) in [6.45, 7) is 2.08. The molecule has 0 aliphatic rings. The fourth-order valence-corrected chi connectivity index (χ4v) is 4.15. The lowest BCUT2D eigenvalue weighted by atomic mass is 10.1. The van der Waals surface area contributed by atoms with Crippen molar-refractivity contribution in [2.24, 2.45) is 0 Å². The minimum Gasteiger partial charge on any atom is -0.495 e. The fraction of sp³-hybridized carbons (Fsp3) is 0.105. The van der Waals surface area contributed by atoms with Crippen molar-refractivity contribution in [3.63, 3.8) is 0 Å². The van der Waals surface area contributed by atoms with Crippen molar-refractivity contribution < 1.29 is 14.6 Å². The molecule has 2 aromatic carbocycles. The molecule has 1 heterocycles. The first-order valence-electron chi connectivity index (χ1n) is 7.58. The fourth-order valence-electron chi connectivity index (χ4n) is 2.34. The topological polar surface area (TPSA) is 58.6 Å². The Balaban J connectivity index is 1.73. The van der Waals surface area contributed by atoms with E-state index < -0.39 is 5.97 Å². The molecule has 0 amide bonds. The molecule has 0 aliphatic heterocycles. The largest absolute Gasteiger partial charge is 0.495 e. The third-order valence-electron chi connectivity index (χ3n) is 3.59. The molecule has 0 saturated carbocycles. The summed E-state index contributed by atoms with van der Waals surface area (Å²) in [5.74, 6) is -0.471. The van der Waals surface area contributed by atoms with Gasteiger partial charge in [0.1, 0.15) is 5.75 Å². The van der Waals surface area contributed by atoms with Crippen LogP contribution in [-0.2, 0) is 0 Å². The zero-order valence-corrected chi connectivity index (χ0v) is 15.4. The second kappa shape index (κ2) is 7.63. The van der Waals surface area contributed by atoms with Crippen molar-refractivity contribution in [1.82, 2.24) is 0 Å². The van der Waals surface area contributed by atoms with E-state index in [2.05, 4.69) is 48.0 Å². The number of carboxylic acids is 1. The van der Waals surface area contributed by atoms with Gasteiger partial charge in [0, 0.05) is 4.88 Å². The van der Waals surface area contributed by atoms with E-state index in [1.54, 1.807) is 23.5 Å². The molecule has 2 N–H and O–H groups in total. The van der Waals surface area contributed by atoms with Gasteiger partial charge in [-0.05, 0) is 54.8 Å². The summed E-state index contributed by atoms with van der Waals surface area (Å²) in [5, 5.41) is 9.05. The van der Waals surface area contributed by atoms with E-state index in [1.807, 2.05) is 0 Å².